The standard InChI is InChI=1S/9C5H6.C4H10.5C3H8.12C2H6/c9*1-2-4-5-3-1;1-4(2)3;5*1-3-2;12*1-2/h9*1-4H,5H2;4H,1-3H3;5*3H2,1-2H3;12*1-2H3. The largest absolute Gasteiger partial charge is 0.0808 e. The van der Waals surface area contributed by atoms with Gasteiger partial charge in [-0.1, -0.05) is 507 Å². The molecule has 0 aliphatic heterocycles. The Morgan fingerprint density at radius 3 is 0.193 bits per heavy atom. The van der Waals surface area contributed by atoms with Crippen molar-refractivity contribution in [2.75, 3.05) is 0 Å². The molecule has 0 aromatic heterocycles. The maximum Gasteiger partial charge on any atom is -0.0163 e. The van der Waals surface area contributed by atoms with Crippen molar-refractivity contribution in [3.63, 3.8) is 0 Å². The van der Waals surface area contributed by atoms with Crippen molar-refractivity contribution in [1.82, 2.24) is 0 Å². The Bertz CT molecular complexity index is 950. The van der Waals surface area contributed by atoms with Crippen LogP contribution in [0.1, 0.15) is 346 Å². The molecule has 0 unspecified atom stereocenters. The molecule has 0 heterocycles. The summed E-state index contributed by atoms with van der Waals surface area (Å²) in [7, 11) is 0. The van der Waals surface area contributed by atoms with Crippen molar-refractivity contribution in [3.05, 3.63) is 219 Å². The van der Waals surface area contributed by atoms with Gasteiger partial charge in [0.25, 0.3) is 0 Å². The second-order valence-electron chi connectivity index (χ2n) is 15.1. The van der Waals surface area contributed by atoms with E-state index in [4.69, 9.17) is 0 Å². The van der Waals surface area contributed by atoms with Gasteiger partial charge < -0.3 is 0 Å². The number of allylic oxidation sites excluding steroid dienone is 36. The van der Waals surface area contributed by atoms with Crippen LogP contribution in [0.25, 0.3) is 0 Å². The van der Waals surface area contributed by atoms with E-state index in [1.807, 2.05) is 166 Å². The van der Waals surface area contributed by atoms with Gasteiger partial charge in [0.2, 0.25) is 0 Å². The van der Waals surface area contributed by atoms with Gasteiger partial charge in [0.1, 0.15) is 0 Å². The van der Waals surface area contributed by atoms with Gasteiger partial charge in [-0.3, -0.25) is 0 Å². The zero-order valence-electron chi connectivity index (χ0n) is 68.3. The first kappa shape index (κ1) is 132. The van der Waals surface area contributed by atoms with Crippen molar-refractivity contribution < 1.29 is 0 Å². The molecule has 0 bridgehead atoms. The van der Waals surface area contributed by atoms with Gasteiger partial charge in [-0.05, 0) is 63.7 Å². The number of rotatable bonds is 0. The van der Waals surface area contributed by atoms with Crippen molar-refractivity contribution in [2.24, 2.45) is 5.92 Å². The lowest BCUT2D eigenvalue weighted by atomic mass is 10.3. The average molecular weight is 1230 g/mol. The Kier molecular flexibility index (Phi) is 351. The van der Waals surface area contributed by atoms with Crippen LogP contribution in [0.5, 0.6) is 0 Å². The average Bonchev–Trinajstić information content (AvgIpc) is 4.42. The summed E-state index contributed by atoms with van der Waals surface area (Å²) in [5.74, 6) is 0.833. The molecule has 0 aromatic carbocycles. The highest BCUT2D eigenvalue weighted by Crippen LogP contribution is 1.97. The Balaban J connectivity index is -0.0000000365. The Morgan fingerprint density at radius 1 is 0.148 bits per heavy atom. The Morgan fingerprint density at radius 2 is 0.182 bits per heavy atom. The van der Waals surface area contributed by atoms with Crippen LogP contribution in [-0.2, 0) is 0 Å². The monoisotopic (exact) mass is 1230 g/mol. The third-order valence-corrected chi connectivity index (χ3v) is 5.90. The van der Waals surface area contributed by atoms with Crippen LogP contribution in [0.3, 0.4) is 0 Å². The van der Waals surface area contributed by atoms with E-state index in [1.54, 1.807) is 0 Å². The van der Waals surface area contributed by atoms with E-state index in [-0.39, 0.29) is 0 Å². The summed E-state index contributed by atoms with van der Waals surface area (Å²) < 4.78 is 0. The summed E-state index contributed by atoms with van der Waals surface area (Å²) in [5, 5.41) is 0. The second-order valence-corrected chi connectivity index (χ2v) is 15.1. The molecule has 0 atom stereocenters. The summed E-state index contributed by atoms with van der Waals surface area (Å²) in [6.45, 7) is 75.8. The fraction of sp³-hybridized carbons (Fsp3) is 0.591. The van der Waals surface area contributed by atoms with E-state index in [9.17, 15) is 0 Å². The maximum atomic E-state index is 2.17. The molecule has 0 aromatic rings. The highest BCUT2D eigenvalue weighted by atomic mass is 13.8. The minimum absolute atomic E-state index is 0.833. The molecule has 9 rings (SSSR count). The third kappa shape index (κ3) is 323. The topological polar surface area (TPSA) is 0 Å². The molecule has 0 spiro atoms. The van der Waals surface area contributed by atoms with E-state index >= 15 is 0 Å². The summed E-state index contributed by atoms with van der Waals surface area (Å²) in [4.78, 5) is 0. The minimum Gasteiger partial charge on any atom is -0.0808 e. The maximum absolute atomic E-state index is 2.17. The highest BCUT2D eigenvalue weighted by molar-refractivity contribution is 5.16. The van der Waals surface area contributed by atoms with Gasteiger partial charge in [-0.2, -0.15) is 0 Å². The number of hydrogen-bond donors (Lipinski definition) is 0. The van der Waals surface area contributed by atoms with E-state index in [1.165, 1.54) is 32.1 Å². The SMILES string of the molecule is C1=CCC=C1.C1=CCC=C1.C1=CCC=C1.C1=CCC=C1.C1=CCC=C1.C1=CCC=C1.C1=CCC=C1.C1=CCC=C1.C1=CCC=C1.CC.CC.CC.CC.CC.CC.CC.CC.CC.CC.CC.CC.CC(C)C.CCC.CCC.CCC.CCC.CCC. The quantitative estimate of drug-likeness (QED) is 0.227. The molecule has 9 aliphatic rings. The molecule has 0 nitrogen and oxygen atoms in total. The smallest absolute Gasteiger partial charge is 0.0163 e. The molecule has 0 N–H and O–H groups in total. The normalized spacial score (nSPS) is 11.2. The molecule has 0 amide bonds. The first-order chi connectivity index (χ1) is 43.3. The molecule has 9 aliphatic carbocycles. The van der Waals surface area contributed by atoms with Gasteiger partial charge in [-0.15, -0.1) is 0 Å². The molecular weight excluding hydrogens is 1060 g/mol. The van der Waals surface area contributed by atoms with Crippen LogP contribution >= 0.6 is 0 Å². The minimum atomic E-state index is 0.833. The Hall–Kier alpha value is -4.68. The number of hydrogen-bond acceptors (Lipinski definition) is 0. The molecule has 0 heteroatoms. The lowest BCUT2D eigenvalue weighted by molar-refractivity contribution is 0.737. The van der Waals surface area contributed by atoms with Gasteiger partial charge in [0, 0.05) is 0 Å². The molecule has 528 valence electrons. The molecule has 0 fully saturated rings. The second kappa shape index (κ2) is 233. The predicted molar refractivity (Wildman–Crippen MR) is 443 cm³/mol. The summed E-state index contributed by atoms with van der Waals surface area (Å²) in [6.07, 6.45) is 91.8. The van der Waals surface area contributed by atoms with Crippen LogP contribution in [0.4, 0.5) is 0 Å². The van der Waals surface area contributed by atoms with Gasteiger partial charge in [0.05, 0.1) is 0 Å². The first-order valence-corrected chi connectivity index (χ1v) is 37.2. The predicted octanol–water partition coefficient (Wildman–Crippen LogP) is 34.6. The third-order valence-electron chi connectivity index (χ3n) is 5.90. The van der Waals surface area contributed by atoms with Gasteiger partial charge in [0.15, 0.2) is 0 Å². The van der Waals surface area contributed by atoms with Crippen LogP contribution < -0.4 is 0 Å². The van der Waals surface area contributed by atoms with E-state index in [0.717, 1.165) is 63.7 Å². The van der Waals surface area contributed by atoms with E-state index < -0.39 is 0 Å². The van der Waals surface area contributed by atoms with Crippen LogP contribution in [0, 0.1) is 5.92 Å². The molecular formula is C88H176. The summed E-state index contributed by atoms with van der Waals surface area (Å²) in [6, 6.07) is 0. The van der Waals surface area contributed by atoms with Crippen molar-refractivity contribution in [1.29, 1.82) is 0 Å². The van der Waals surface area contributed by atoms with E-state index in [0.29, 0.717) is 0 Å². The molecule has 0 radical (unpaired) electrons. The highest BCUT2D eigenvalue weighted by Gasteiger charge is 1.76. The molecule has 0 saturated carbocycles. The van der Waals surface area contributed by atoms with E-state index in [2.05, 4.69) is 309 Å². The zero-order chi connectivity index (χ0) is 72.9. The van der Waals surface area contributed by atoms with Crippen LogP contribution in [0.15, 0.2) is 219 Å². The van der Waals surface area contributed by atoms with Crippen LogP contribution in [0.2, 0.25) is 0 Å². The Labute approximate surface area is 567 Å². The van der Waals surface area contributed by atoms with Crippen molar-refractivity contribution in [3.8, 4) is 0 Å². The lowest BCUT2D eigenvalue weighted by Gasteiger charge is -1.79. The van der Waals surface area contributed by atoms with Gasteiger partial charge >= 0.3 is 0 Å². The van der Waals surface area contributed by atoms with Crippen molar-refractivity contribution in [2.45, 2.75) is 346 Å². The lowest BCUT2D eigenvalue weighted by Crippen LogP contribution is -1.66. The summed E-state index contributed by atoms with van der Waals surface area (Å²) in [5.41, 5.74) is 0. The first-order valence-electron chi connectivity index (χ1n) is 37.2. The fourth-order valence-corrected chi connectivity index (χ4v) is 3.54. The van der Waals surface area contributed by atoms with Crippen molar-refractivity contribution >= 4 is 0 Å². The molecule has 0 saturated heterocycles. The van der Waals surface area contributed by atoms with Crippen LogP contribution in [-0.4, -0.2) is 0 Å². The fourth-order valence-electron chi connectivity index (χ4n) is 3.54. The molecule has 88 heavy (non-hydrogen) atoms. The summed E-state index contributed by atoms with van der Waals surface area (Å²) >= 11 is 0. The van der Waals surface area contributed by atoms with Gasteiger partial charge in [-0.25, -0.2) is 0 Å². The zero-order valence-corrected chi connectivity index (χ0v) is 68.3.